The zero-order chi connectivity index (χ0) is 30.4. The quantitative estimate of drug-likeness (QED) is 0.351. The van der Waals surface area contributed by atoms with Crippen molar-refractivity contribution in [2.45, 2.75) is 74.5 Å². The van der Waals surface area contributed by atoms with Crippen molar-refractivity contribution in [3.8, 4) is 0 Å². The van der Waals surface area contributed by atoms with Crippen LogP contribution in [-0.4, -0.2) is 62.3 Å². The van der Waals surface area contributed by atoms with Gasteiger partial charge >= 0.3 is 0 Å². The monoisotopic (exact) mass is 618 g/mol. The highest BCUT2D eigenvalue weighted by Gasteiger charge is 2.33. The van der Waals surface area contributed by atoms with Gasteiger partial charge in [-0.15, -0.1) is 0 Å². The predicted molar refractivity (Wildman–Crippen MR) is 149 cm³/mol. The number of carbonyl (C=O) groups excluding carboxylic acids is 1. The highest BCUT2D eigenvalue weighted by atomic mass is 32.2. The van der Waals surface area contributed by atoms with Crippen LogP contribution in [0, 0.1) is 30.3 Å². The van der Waals surface area contributed by atoms with Crippen LogP contribution < -0.4 is 5.73 Å². The molecule has 4 rings (SSSR count). The molecule has 1 aliphatic carbocycles. The second-order valence-electron chi connectivity index (χ2n) is 10.8. The van der Waals surface area contributed by atoms with E-state index >= 15 is 0 Å². The van der Waals surface area contributed by atoms with Crippen LogP contribution >= 0.6 is 0 Å². The van der Waals surface area contributed by atoms with E-state index in [1.807, 2.05) is 6.92 Å². The summed E-state index contributed by atoms with van der Waals surface area (Å²) in [7, 11) is -7.46. The minimum atomic E-state index is -4.02. The van der Waals surface area contributed by atoms with Gasteiger partial charge in [-0.3, -0.25) is 9.35 Å². The van der Waals surface area contributed by atoms with Gasteiger partial charge < -0.3 is 10.6 Å². The molecule has 1 amide bonds. The van der Waals surface area contributed by atoms with Crippen LogP contribution in [0.3, 0.4) is 0 Å². The van der Waals surface area contributed by atoms with Crippen molar-refractivity contribution in [1.82, 2.24) is 4.90 Å². The topological polar surface area (TPSA) is 135 Å². The molecule has 41 heavy (non-hydrogen) atoms. The Bertz CT molecular complexity index is 1410. The minimum Gasteiger partial charge on any atom is -0.342 e. The number of piperidine rings is 1. The maximum absolute atomic E-state index is 13.9. The van der Waals surface area contributed by atoms with Crippen molar-refractivity contribution in [2.24, 2.45) is 11.7 Å². The number of aryl methyl sites for hydroxylation is 1. The average Bonchev–Trinajstić information content (AvgIpc) is 2.92. The maximum atomic E-state index is 13.9. The Morgan fingerprint density at radius 2 is 1.49 bits per heavy atom. The summed E-state index contributed by atoms with van der Waals surface area (Å²) in [5.41, 5.74) is 7.16. The van der Waals surface area contributed by atoms with E-state index in [4.69, 9.17) is 10.3 Å². The van der Waals surface area contributed by atoms with Gasteiger partial charge in [0.15, 0.2) is 21.5 Å². The van der Waals surface area contributed by atoms with Gasteiger partial charge in [0, 0.05) is 25.2 Å². The Labute approximate surface area is 239 Å². The Morgan fingerprint density at radius 3 is 2.05 bits per heavy atom. The van der Waals surface area contributed by atoms with Gasteiger partial charge in [0.25, 0.3) is 10.1 Å². The molecule has 2 aliphatic rings. The molecule has 228 valence electrons. The summed E-state index contributed by atoms with van der Waals surface area (Å²) in [4.78, 5) is 14.0. The Kier molecular flexibility index (Phi) is 11.4. The van der Waals surface area contributed by atoms with Crippen molar-refractivity contribution in [2.75, 3.05) is 18.8 Å². The third-order valence-electron chi connectivity index (χ3n) is 7.75. The molecule has 1 heterocycles. The van der Waals surface area contributed by atoms with Gasteiger partial charge in [0.2, 0.25) is 5.91 Å². The molecule has 1 aliphatic heterocycles. The Hall–Kier alpha value is -2.48. The normalized spacial score (nSPS) is 18.0. The number of hydrogen-bond donors (Lipinski definition) is 2. The molecule has 2 aromatic carbocycles. The molecule has 1 saturated heterocycles. The molecule has 0 unspecified atom stereocenters. The second kappa shape index (κ2) is 14.1. The average molecular weight is 619 g/mol. The maximum Gasteiger partial charge on any atom is 0.294 e. The van der Waals surface area contributed by atoms with Crippen LogP contribution in [0.5, 0.6) is 0 Å². The van der Waals surface area contributed by atoms with E-state index in [-0.39, 0.29) is 28.7 Å². The number of rotatable bonds is 7. The smallest absolute Gasteiger partial charge is 0.294 e. The first-order valence-electron chi connectivity index (χ1n) is 13.6. The summed E-state index contributed by atoms with van der Waals surface area (Å²) < 4.78 is 95.0. The number of amides is 1. The number of likely N-dealkylation sites (tertiary alicyclic amines) is 1. The van der Waals surface area contributed by atoms with Crippen LogP contribution in [0.15, 0.2) is 41.3 Å². The van der Waals surface area contributed by atoms with Gasteiger partial charge in [-0.1, -0.05) is 37.0 Å². The van der Waals surface area contributed by atoms with Gasteiger partial charge in [-0.05, 0) is 68.7 Å². The first-order valence-corrected chi connectivity index (χ1v) is 16.8. The number of nitrogens with two attached hydrogens (primary N) is 1. The molecule has 2 fully saturated rings. The van der Waals surface area contributed by atoms with Gasteiger partial charge in [-0.25, -0.2) is 21.6 Å². The fourth-order valence-corrected chi connectivity index (χ4v) is 7.53. The molecule has 0 bridgehead atoms. The lowest BCUT2D eigenvalue weighted by atomic mass is 9.86. The van der Waals surface area contributed by atoms with Crippen LogP contribution in [0.25, 0.3) is 0 Å². The lowest BCUT2D eigenvalue weighted by Crippen LogP contribution is -2.46. The van der Waals surface area contributed by atoms with Crippen LogP contribution in [0.2, 0.25) is 0 Å². The fraction of sp³-hybridized carbons (Fsp3) is 0.536. The highest BCUT2D eigenvalue weighted by Crippen LogP contribution is 2.26. The van der Waals surface area contributed by atoms with E-state index < -0.39 is 54.5 Å². The van der Waals surface area contributed by atoms with Crippen LogP contribution in [-0.2, 0) is 31.2 Å². The van der Waals surface area contributed by atoms with Crippen molar-refractivity contribution in [3.05, 3.63) is 65.0 Å². The van der Waals surface area contributed by atoms with Crippen LogP contribution in [0.1, 0.15) is 56.1 Å². The van der Waals surface area contributed by atoms with E-state index in [2.05, 4.69) is 0 Å². The molecular formula is C28H37F3N2O6S2. The summed E-state index contributed by atoms with van der Waals surface area (Å²) in [5, 5.41) is -0.410. The second-order valence-corrected chi connectivity index (χ2v) is 14.5. The SMILES string of the molecule is Cc1ccc(S(=O)(=O)O)cc1.N[C@H](Cc1cc(F)c(F)cc1F)C1CCN(C(=O)CS(=O)(=O)C2CCCCC2)CC1. The number of hydrogen-bond acceptors (Lipinski definition) is 6. The molecule has 8 nitrogen and oxygen atoms in total. The lowest BCUT2D eigenvalue weighted by Gasteiger charge is -2.35. The molecule has 1 saturated carbocycles. The number of nitrogens with zero attached hydrogens (tertiary/aromatic N) is 1. The molecule has 0 radical (unpaired) electrons. The summed E-state index contributed by atoms with van der Waals surface area (Å²) in [5.74, 6) is -4.02. The summed E-state index contributed by atoms with van der Waals surface area (Å²) in [6, 6.07) is 6.87. The Morgan fingerprint density at radius 1 is 0.927 bits per heavy atom. The minimum absolute atomic E-state index is 0.0171. The predicted octanol–water partition coefficient (Wildman–Crippen LogP) is 4.20. The molecule has 1 atom stereocenters. The fourth-order valence-electron chi connectivity index (χ4n) is 5.23. The standard InChI is InChI=1S/C21H29F3N2O3S.C7H8O3S/c22-17-12-19(24)18(23)10-15(17)11-20(25)14-6-8-26(9-7-14)21(27)13-30(28,29)16-4-2-1-3-5-16;1-6-2-4-7(5-3-6)11(8,9)10/h10,12,14,16,20H,1-9,11,13,25H2;2-5H,1H3,(H,8,9,10)/t20-;/m1./s1. The third kappa shape index (κ3) is 9.52. The molecule has 2 aromatic rings. The molecule has 0 aromatic heterocycles. The van der Waals surface area contributed by atoms with Crippen molar-refractivity contribution in [1.29, 1.82) is 0 Å². The molecule has 13 heteroatoms. The van der Waals surface area contributed by atoms with Crippen molar-refractivity contribution in [3.63, 3.8) is 0 Å². The summed E-state index contributed by atoms with van der Waals surface area (Å²) >= 11 is 0. The molecule has 0 spiro atoms. The van der Waals surface area contributed by atoms with Gasteiger partial charge in [0.05, 0.1) is 10.1 Å². The van der Waals surface area contributed by atoms with Crippen molar-refractivity contribution < 1.29 is 39.4 Å². The number of halogens is 3. The summed E-state index contributed by atoms with van der Waals surface area (Å²) in [6.45, 7) is 2.61. The van der Waals surface area contributed by atoms with E-state index in [1.54, 1.807) is 17.0 Å². The van der Waals surface area contributed by atoms with Crippen molar-refractivity contribution >= 4 is 25.9 Å². The number of sulfone groups is 1. The third-order valence-corrected chi connectivity index (χ3v) is 10.8. The first kappa shape index (κ1) is 33.0. The van der Waals surface area contributed by atoms with E-state index in [0.29, 0.717) is 44.8 Å². The number of carbonyl (C=O) groups is 1. The number of benzene rings is 2. The summed E-state index contributed by atoms with van der Waals surface area (Å²) in [6.07, 6.45) is 5.27. The first-order chi connectivity index (χ1) is 19.2. The molecule has 3 N–H and O–H groups in total. The van der Waals surface area contributed by atoms with E-state index in [1.165, 1.54) is 12.1 Å². The van der Waals surface area contributed by atoms with Crippen LogP contribution in [0.4, 0.5) is 13.2 Å². The van der Waals surface area contributed by atoms with E-state index in [0.717, 1.165) is 30.9 Å². The lowest BCUT2D eigenvalue weighted by molar-refractivity contribution is -0.129. The van der Waals surface area contributed by atoms with E-state index in [9.17, 15) is 34.8 Å². The largest absolute Gasteiger partial charge is 0.342 e. The van der Waals surface area contributed by atoms with Gasteiger partial charge in [-0.2, -0.15) is 8.42 Å². The highest BCUT2D eigenvalue weighted by molar-refractivity contribution is 7.92. The Balaban J connectivity index is 0.000000352. The zero-order valence-corrected chi connectivity index (χ0v) is 24.6. The molecular weight excluding hydrogens is 581 g/mol. The zero-order valence-electron chi connectivity index (χ0n) is 22.9. The van der Waals surface area contributed by atoms with Gasteiger partial charge in [0.1, 0.15) is 11.6 Å².